The van der Waals surface area contributed by atoms with Gasteiger partial charge in [0.2, 0.25) is 0 Å². The molecule has 1 rings (SSSR count). The van der Waals surface area contributed by atoms with Crippen molar-refractivity contribution in [3.8, 4) is 0 Å². The van der Waals surface area contributed by atoms with Gasteiger partial charge in [-0.05, 0) is 0 Å². The Morgan fingerprint density at radius 1 is 0.963 bits per heavy atom. The van der Waals surface area contributed by atoms with Gasteiger partial charge in [0.25, 0.3) is 0 Å². The quantitative estimate of drug-likeness (QED) is 0.516. The van der Waals surface area contributed by atoms with Crippen molar-refractivity contribution in [3.05, 3.63) is 0 Å². The van der Waals surface area contributed by atoms with E-state index in [1.165, 1.54) is 0 Å². The van der Waals surface area contributed by atoms with Crippen LogP contribution in [0.25, 0.3) is 0 Å². The first kappa shape index (κ1) is 24.7. The third kappa shape index (κ3) is 6.06. The van der Waals surface area contributed by atoms with Crippen LogP contribution in [0.4, 0.5) is 0 Å². The van der Waals surface area contributed by atoms with Crippen molar-refractivity contribution in [2.75, 3.05) is 0 Å². The zero-order chi connectivity index (χ0) is 20.8. The minimum atomic E-state index is -1.52. The zero-order valence-corrected chi connectivity index (χ0v) is 20.6. The van der Waals surface area contributed by atoms with Crippen LogP contribution in [-0.4, -0.2) is 21.7 Å². The fraction of sp³-hybridized carbons (Fsp3) is 0.909. The summed E-state index contributed by atoms with van der Waals surface area (Å²) >= 11 is -1.52. The molecule has 4 nitrogen and oxygen atoms in total. The van der Waals surface area contributed by atoms with Crippen molar-refractivity contribution in [1.29, 1.82) is 0 Å². The predicted molar refractivity (Wildman–Crippen MR) is 110 cm³/mol. The van der Waals surface area contributed by atoms with Crippen LogP contribution in [0.15, 0.2) is 0 Å². The van der Waals surface area contributed by atoms with Crippen molar-refractivity contribution in [1.82, 2.24) is 10.6 Å². The molecule has 157 valence electrons. The summed E-state index contributed by atoms with van der Waals surface area (Å²) in [4.78, 5) is 25.0. The number of rotatable bonds is 9. The van der Waals surface area contributed by atoms with E-state index in [1.54, 1.807) is 0 Å². The second-order valence-electron chi connectivity index (χ2n) is 9.52. The Morgan fingerprint density at radius 3 is 1.93 bits per heavy atom. The Balaban J connectivity index is 3.29. The van der Waals surface area contributed by atoms with Crippen molar-refractivity contribution >= 4 is 11.8 Å². The van der Waals surface area contributed by atoms with Gasteiger partial charge in [0, 0.05) is 0 Å². The van der Waals surface area contributed by atoms with Gasteiger partial charge < -0.3 is 0 Å². The summed E-state index contributed by atoms with van der Waals surface area (Å²) in [5, 5.41) is 11.6. The summed E-state index contributed by atoms with van der Waals surface area (Å²) in [5.41, 5.74) is 0.145. The van der Waals surface area contributed by atoms with E-state index in [0.717, 1.165) is 32.1 Å². The van der Waals surface area contributed by atoms with Gasteiger partial charge in [-0.15, -0.1) is 0 Å². The molecule has 0 heterocycles. The van der Waals surface area contributed by atoms with Gasteiger partial charge in [-0.3, -0.25) is 0 Å². The van der Waals surface area contributed by atoms with Crippen LogP contribution in [0.1, 0.15) is 86.5 Å². The predicted octanol–water partition coefficient (Wildman–Crippen LogP) is 5.08. The van der Waals surface area contributed by atoms with E-state index in [-0.39, 0.29) is 27.1 Å². The van der Waals surface area contributed by atoms with Crippen LogP contribution in [-0.2, 0) is 27.5 Å². The van der Waals surface area contributed by atoms with Crippen LogP contribution >= 0.6 is 0 Å². The van der Waals surface area contributed by atoms with Crippen molar-refractivity contribution in [2.45, 2.75) is 107 Å². The summed E-state index contributed by atoms with van der Waals surface area (Å²) < 4.78 is -0.0940. The van der Waals surface area contributed by atoms with Crippen molar-refractivity contribution in [2.24, 2.45) is 17.3 Å². The average Bonchev–Trinajstić information content (AvgIpc) is 2.54. The van der Waals surface area contributed by atoms with E-state index in [1.807, 2.05) is 6.92 Å². The molecule has 0 aromatic heterocycles. The monoisotopic (exact) mass is 415 g/mol. The van der Waals surface area contributed by atoms with E-state index in [9.17, 15) is 9.59 Å². The fourth-order valence-corrected chi connectivity index (χ4v) is 7.69. The van der Waals surface area contributed by atoms with Gasteiger partial charge in [-0.2, -0.15) is 0 Å². The van der Waals surface area contributed by atoms with Gasteiger partial charge >= 0.3 is 174 Å². The molecule has 2 atom stereocenters. The molecule has 1 fully saturated rings. The number of nitrogens with one attached hydrogen (secondary N) is 2. The second-order valence-corrected chi connectivity index (χ2v) is 14.1. The Bertz CT molecular complexity index is 497. The normalized spacial score (nSPS) is 24.7. The molecule has 2 amide bonds. The van der Waals surface area contributed by atoms with E-state index in [2.05, 4.69) is 55.7 Å². The molecule has 0 bridgehead atoms. The van der Waals surface area contributed by atoms with Gasteiger partial charge in [-0.25, -0.2) is 0 Å². The number of hydrogen-bond donors (Lipinski definition) is 2. The summed E-state index contributed by atoms with van der Waals surface area (Å²) in [7, 11) is 0. The average molecular weight is 415 g/mol. The summed E-state index contributed by atoms with van der Waals surface area (Å²) in [6, 6.07) is 0.159. The molecular formula is C22H43N2O2Ti. The van der Waals surface area contributed by atoms with Gasteiger partial charge in [0.1, 0.15) is 0 Å². The summed E-state index contributed by atoms with van der Waals surface area (Å²) in [6.45, 7) is 13.4. The molecule has 2 unspecified atom stereocenters. The first-order valence-electron chi connectivity index (χ1n) is 10.9. The maximum absolute atomic E-state index is 12.6. The number of hydrogen-bond acceptors (Lipinski definition) is 2. The zero-order valence-electron chi connectivity index (χ0n) is 19.0. The van der Waals surface area contributed by atoms with Crippen LogP contribution in [0.3, 0.4) is 0 Å². The third-order valence-electron chi connectivity index (χ3n) is 6.81. The molecule has 1 saturated carbocycles. The number of carbonyl (C=O) groups excluding carboxylic acids is 2. The topological polar surface area (TPSA) is 58.2 Å². The third-order valence-corrected chi connectivity index (χ3v) is 10.6. The Kier molecular flexibility index (Phi) is 9.54. The SMILES string of the molecule is CCCC(=O)NC1CC(C(C)C)(C(C)C)C[C](NC(=O)CCC)([Ti]([CH3])[CH3])C1. The molecule has 27 heavy (non-hydrogen) atoms. The first-order valence-corrected chi connectivity index (χ1v) is 14.8. The molecule has 1 aliphatic rings. The molecular weight excluding hydrogens is 372 g/mol. The van der Waals surface area contributed by atoms with Crippen LogP contribution in [0.5, 0.6) is 0 Å². The van der Waals surface area contributed by atoms with Crippen LogP contribution in [0.2, 0.25) is 10.5 Å². The molecule has 0 aromatic rings. The second kappa shape index (κ2) is 10.4. The summed E-state index contributed by atoms with van der Waals surface area (Å²) in [5.74, 6) is 1.38. The van der Waals surface area contributed by atoms with Gasteiger partial charge in [0.15, 0.2) is 0 Å². The Morgan fingerprint density at radius 2 is 1.48 bits per heavy atom. The molecule has 0 aromatic carbocycles. The number of amides is 2. The Hall–Kier alpha value is -0.346. The van der Waals surface area contributed by atoms with Crippen molar-refractivity contribution < 1.29 is 27.5 Å². The Labute approximate surface area is 173 Å². The molecule has 5 heteroatoms. The van der Waals surface area contributed by atoms with E-state index in [4.69, 9.17) is 0 Å². The number of carbonyl (C=O) groups is 2. The summed E-state index contributed by atoms with van der Waals surface area (Å²) in [6.07, 6.45) is 5.92. The molecule has 2 N–H and O–H groups in total. The minimum absolute atomic E-state index is 0.0940. The van der Waals surface area contributed by atoms with E-state index >= 15 is 0 Å². The molecule has 0 saturated heterocycles. The van der Waals surface area contributed by atoms with Gasteiger partial charge in [-0.1, -0.05) is 0 Å². The van der Waals surface area contributed by atoms with Gasteiger partial charge in [0.05, 0.1) is 0 Å². The van der Waals surface area contributed by atoms with Crippen LogP contribution in [0, 0.1) is 17.3 Å². The van der Waals surface area contributed by atoms with Crippen molar-refractivity contribution in [3.63, 3.8) is 0 Å². The van der Waals surface area contributed by atoms with Crippen LogP contribution < -0.4 is 10.6 Å². The molecule has 0 spiro atoms. The standard InChI is InChI=1S/C20H37N2O2.2CH3.Ti/c1-7-9-18(23)21-16-11-17(22-19(24)10-8-2)13-20(12-16,14(3)4)15(5)6;;;/h14-16H,7-13H2,1-6H3,(H,21,23)(H,22,24);2*1H3;. The maximum atomic E-state index is 12.6. The van der Waals surface area contributed by atoms with E-state index < -0.39 is 17.9 Å². The molecule has 1 aliphatic carbocycles. The first-order chi connectivity index (χ1) is 12.5. The fourth-order valence-electron chi connectivity index (χ4n) is 4.99. The molecule has 0 aliphatic heterocycles. The van der Waals surface area contributed by atoms with E-state index in [0.29, 0.717) is 24.7 Å². The molecule has 0 radical (unpaired) electrons.